The molecule has 1 amide bonds. The first-order chi connectivity index (χ1) is 14.4. The average molecular weight is 425 g/mol. The normalized spacial score (nSPS) is 15.9. The van der Waals surface area contributed by atoms with Crippen molar-refractivity contribution in [3.63, 3.8) is 0 Å². The molecule has 1 aliphatic rings. The highest BCUT2D eigenvalue weighted by Crippen LogP contribution is 2.22. The molecule has 1 saturated heterocycles. The Labute approximate surface area is 176 Å². The average Bonchev–Trinajstić information content (AvgIpc) is 2.74. The van der Waals surface area contributed by atoms with Crippen LogP contribution in [0.25, 0.3) is 10.9 Å². The van der Waals surface area contributed by atoms with Gasteiger partial charge >= 0.3 is 0 Å². The number of anilines is 1. The number of aromatic nitrogens is 1. The van der Waals surface area contributed by atoms with Crippen LogP contribution in [0, 0.1) is 0 Å². The molecule has 2 heterocycles. The lowest BCUT2D eigenvalue weighted by molar-refractivity contribution is -0.114. The molecule has 8 heteroatoms. The molecule has 3 aromatic rings. The second kappa shape index (κ2) is 8.51. The van der Waals surface area contributed by atoms with Gasteiger partial charge in [0.15, 0.2) is 0 Å². The van der Waals surface area contributed by atoms with Gasteiger partial charge in [0.05, 0.1) is 10.4 Å². The zero-order valence-electron chi connectivity index (χ0n) is 16.8. The number of pyridine rings is 1. The first-order valence-electron chi connectivity index (χ1n) is 9.86. The molecule has 0 saturated carbocycles. The number of para-hydroxylation sites is 1. The first-order valence-corrected chi connectivity index (χ1v) is 11.3. The first kappa shape index (κ1) is 20.5. The van der Waals surface area contributed by atoms with Gasteiger partial charge < -0.3 is 5.32 Å². The molecule has 7 nitrogen and oxygen atoms in total. The molecular weight excluding hydrogens is 400 g/mol. The second-order valence-corrected chi connectivity index (χ2v) is 9.32. The van der Waals surface area contributed by atoms with E-state index < -0.39 is 10.0 Å². The molecule has 0 spiro atoms. The van der Waals surface area contributed by atoms with Gasteiger partial charge in [-0.1, -0.05) is 24.3 Å². The van der Waals surface area contributed by atoms with Gasteiger partial charge in [0.25, 0.3) is 0 Å². The highest BCUT2D eigenvalue weighted by molar-refractivity contribution is 7.89. The van der Waals surface area contributed by atoms with Crippen molar-refractivity contribution in [1.82, 2.24) is 14.2 Å². The molecule has 156 valence electrons. The molecule has 0 aliphatic carbocycles. The van der Waals surface area contributed by atoms with Crippen molar-refractivity contribution in [2.75, 3.05) is 31.5 Å². The van der Waals surface area contributed by atoms with E-state index in [-0.39, 0.29) is 10.8 Å². The van der Waals surface area contributed by atoms with Gasteiger partial charge in [-0.25, -0.2) is 8.42 Å². The number of benzene rings is 2. The van der Waals surface area contributed by atoms with E-state index >= 15 is 0 Å². The van der Waals surface area contributed by atoms with E-state index in [1.54, 1.807) is 18.3 Å². The van der Waals surface area contributed by atoms with Crippen molar-refractivity contribution in [2.45, 2.75) is 18.4 Å². The molecule has 2 aromatic carbocycles. The Bertz CT molecular complexity index is 1150. The van der Waals surface area contributed by atoms with E-state index in [1.807, 2.05) is 24.3 Å². The molecular formula is C22H24N4O3S. The van der Waals surface area contributed by atoms with Crippen molar-refractivity contribution >= 4 is 32.5 Å². The minimum absolute atomic E-state index is 0.192. The highest BCUT2D eigenvalue weighted by Gasteiger charge is 2.28. The lowest BCUT2D eigenvalue weighted by Gasteiger charge is -2.34. The van der Waals surface area contributed by atoms with E-state index in [0.29, 0.717) is 31.9 Å². The summed E-state index contributed by atoms with van der Waals surface area (Å²) in [6, 6.07) is 16.4. The third kappa shape index (κ3) is 4.35. The number of sulfonamides is 1. The Morgan fingerprint density at radius 2 is 1.70 bits per heavy atom. The number of carbonyl (C=O) groups excluding carboxylic acids is 1. The van der Waals surface area contributed by atoms with E-state index in [9.17, 15) is 13.2 Å². The van der Waals surface area contributed by atoms with Gasteiger partial charge in [-0.3, -0.25) is 14.7 Å². The molecule has 4 rings (SSSR count). The zero-order valence-corrected chi connectivity index (χ0v) is 17.6. The minimum Gasteiger partial charge on any atom is -0.326 e. The third-order valence-electron chi connectivity index (χ3n) is 5.25. The second-order valence-electron chi connectivity index (χ2n) is 7.38. The smallest absolute Gasteiger partial charge is 0.243 e. The quantitative estimate of drug-likeness (QED) is 0.681. The summed E-state index contributed by atoms with van der Waals surface area (Å²) < 4.78 is 27.5. The van der Waals surface area contributed by atoms with Gasteiger partial charge in [0.1, 0.15) is 0 Å². The van der Waals surface area contributed by atoms with Crippen LogP contribution in [0.1, 0.15) is 12.5 Å². The lowest BCUT2D eigenvalue weighted by atomic mass is 10.1. The molecule has 1 aliphatic heterocycles. The highest BCUT2D eigenvalue weighted by atomic mass is 32.2. The lowest BCUT2D eigenvalue weighted by Crippen LogP contribution is -2.48. The fourth-order valence-electron chi connectivity index (χ4n) is 3.73. The summed E-state index contributed by atoms with van der Waals surface area (Å²) in [5.41, 5.74) is 2.72. The molecule has 1 fully saturated rings. The minimum atomic E-state index is -3.56. The van der Waals surface area contributed by atoms with Gasteiger partial charge in [0.2, 0.25) is 15.9 Å². The molecule has 0 unspecified atom stereocenters. The zero-order chi connectivity index (χ0) is 21.1. The predicted octanol–water partition coefficient (Wildman–Crippen LogP) is 2.70. The van der Waals surface area contributed by atoms with Crippen LogP contribution in [0.15, 0.2) is 65.7 Å². The summed E-state index contributed by atoms with van der Waals surface area (Å²) in [6.07, 6.45) is 1.80. The van der Waals surface area contributed by atoms with Crippen molar-refractivity contribution in [3.05, 3.63) is 66.4 Å². The van der Waals surface area contributed by atoms with Gasteiger partial charge in [-0.05, 0) is 35.9 Å². The topological polar surface area (TPSA) is 82.6 Å². The Morgan fingerprint density at radius 1 is 1.00 bits per heavy atom. The monoisotopic (exact) mass is 424 g/mol. The Hall–Kier alpha value is -2.81. The molecule has 1 aromatic heterocycles. The Morgan fingerprint density at radius 3 is 2.40 bits per heavy atom. The number of carbonyl (C=O) groups is 1. The molecule has 30 heavy (non-hydrogen) atoms. The van der Waals surface area contributed by atoms with Crippen LogP contribution in [0.2, 0.25) is 0 Å². The Balaban J connectivity index is 1.41. The number of nitrogens with zero attached hydrogens (tertiary/aromatic N) is 3. The predicted molar refractivity (Wildman–Crippen MR) is 117 cm³/mol. The van der Waals surface area contributed by atoms with Gasteiger partial charge in [0, 0.05) is 56.9 Å². The molecule has 1 N–H and O–H groups in total. The van der Waals surface area contributed by atoms with E-state index in [1.165, 1.54) is 23.4 Å². The number of fused-ring (bicyclic) bond motifs is 1. The summed E-state index contributed by atoms with van der Waals surface area (Å²) in [6.45, 7) is 4.35. The van der Waals surface area contributed by atoms with Crippen molar-refractivity contribution < 1.29 is 13.2 Å². The maximum absolute atomic E-state index is 13.0. The van der Waals surface area contributed by atoms with E-state index in [4.69, 9.17) is 0 Å². The van der Waals surface area contributed by atoms with E-state index in [0.717, 1.165) is 23.0 Å². The van der Waals surface area contributed by atoms with Crippen LogP contribution in [0.4, 0.5) is 5.69 Å². The van der Waals surface area contributed by atoms with E-state index in [2.05, 4.69) is 21.3 Å². The van der Waals surface area contributed by atoms with Crippen LogP contribution in [-0.4, -0.2) is 54.7 Å². The molecule has 0 radical (unpaired) electrons. The number of amides is 1. The molecule has 0 bridgehead atoms. The number of hydrogen-bond donors (Lipinski definition) is 1. The number of nitrogens with one attached hydrogen (secondary N) is 1. The van der Waals surface area contributed by atoms with Crippen LogP contribution in [0.5, 0.6) is 0 Å². The summed E-state index contributed by atoms with van der Waals surface area (Å²) in [5.74, 6) is -0.192. The fourth-order valence-corrected chi connectivity index (χ4v) is 5.15. The van der Waals surface area contributed by atoms with Crippen LogP contribution in [0.3, 0.4) is 0 Å². The third-order valence-corrected chi connectivity index (χ3v) is 7.17. The van der Waals surface area contributed by atoms with Crippen LogP contribution in [-0.2, 0) is 21.4 Å². The number of piperazine rings is 1. The number of hydrogen-bond acceptors (Lipinski definition) is 5. The standard InChI is InChI=1S/C22H24N4O3S/c1-17(27)24-20-7-9-21(10-8-20)30(28,29)26-14-12-25(13-15-26)16-19-5-2-4-18-6-3-11-23-22(18)19/h2-11H,12-16H2,1H3,(H,24,27). The number of rotatable bonds is 5. The fraction of sp³-hybridized carbons (Fsp3) is 0.273. The molecule has 0 atom stereocenters. The summed E-state index contributed by atoms with van der Waals surface area (Å²) >= 11 is 0. The summed E-state index contributed by atoms with van der Waals surface area (Å²) in [7, 11) is -3.56. The van der Waals surface area contributed by atoms with Crippen LogP contribution < -0.4 is 5.32 Å². The van der Waals surface area contributed by atoms with Gasteiger partial charge in [-0.15, -0.1) is 0 Å². The van der Waals surface area contributed by atoms with Crippen LogP contribution >= 0.6 is 0 Å². The Kier molecular flexibility index (Phi) is 5.80. The maximum atomic E-state index is 13.0. The van der Waals surface area contributed by atoms with Crippen molar-refractivity contribution in [2.24, 2.45) is 0 Å². The maximum Gasteiger partial charge on any atom is 0.243 e. The van der Waals surface area contributed by atoms with Crippen molar-refractivity contribution in [1.29, 1.82) is 0 Å². The summed E-state index contributed by atoms with van der Waals surface area (Å²) in [4.78, 5) is 18.1. The van der Waals surface area contributed by atoms with Gasteiger partial charge in [-0.2, -0.15) is 4.31 Å². The SMILES string of the molecule is CC(=O)Nc1ccc(S(=O)(=O)N2CCN(Cc3cccc4cccnc34)CC2)cc1. The largest absolute Gasteiger partial charge is 0.326 e. The summed E-state index contributed by atoms with van der Waals surface area (Å²) in [5, 5.41) is 3.76. The van der Waals surface area contributed by atoms with Crippen molar-refractivity contribution in [3.8, 4) is 0 Å².